The fraction of sp³-hybridized carbons (Fsp3) is 0.217. The largest absolute Gasteiger partial charge is 0.497 e. The first kappa shape index (κ1) is 17.4. The molecule has 0 bridgehead atoms. The molecule has 0 amide bonds. The number of hydrogen-bond donors (Lipinski definition) is 1. The number of carbonyl (C=O) groups is 2. The molecule has 27 heavy (non-hydrogen) atoms. The maximum atomic E-state index is 13.1. The van der Waals surface area contributed by atoms with E-state index in [2.05, 4.69) is 6.58 Å². The van der Waals surface area contributed by atoms with Crippen LogP contribution in [0, 0.1) is 11.8 Å². The van der Waals surface area contributed by atoms with Crippen LogP contribution in [0.3, 0.4) is 0 Å². The second-order valence-electron chi connectivity index (χ2n) is 6.95. The number of fused-ring (bicyclic) bond motifs is 2. The summed E-state index contributed by atoms with van der Waals surface area (Å²) in [6.07, 6.45) is 1.37. The molecule has 2 aliphatic rings. The van der Waals surface area contributed by atoms with E-state index in [1.807, 2.05) is 6.08 Å². The van der Waals surface area contributed by atoms with Crippen molar-refractivity contribution in [3.05, 3.63) is 89.0 Å². The molecule has 2 aliphatic carbocycles. The summed E-state index contributed by atoms with van der Waals surface area (Å²) in [5.74, 6) is -0.461. The summed E-state index contributed by atoms with van der Waals surface area (Å²) in [6, 6.07) is 14.1. The van der Waals surface area contributed by atoms with E-state index >= 15 is 0 Å². The first-order valence-electron chi connectivity index (χ1n) is 8.91. The van der Waals surface area contributed by atoms with Crippen molar-refractivity contribution in [1.82, 2.24) is 0 Å². The average molecular weight is 360 g/mol. The number of aliphatic hydroxyl groups excluding tert-OH is 1. The van der Waals surface area contributed by atoms with E-state index in [1.54, 1.807) is 55.6 Å². The standard InChI is InChI=1S/C23H20O4/c1-13-16(21(24)14-7-9-15(27-2)10-8-14)11-12-19-20(13)23(26)18-6-4-3-5-17(18)22(19)25/h3-11,19-21,24H,1,12H2,2H3. The van der Waals surface area contributed by atoms with Crippen molar-refractivity contribution >= 4 is 11.6 Å². The van der Waals surface area contributed by atoms with Crippen molar-refractivity contribution in [1.29, 1.82) is 0 Å². The van der Waals surface area contributed by atoms with E-state index < -0.39 is 17.9 Å². The predicted octanol–water partition coefficient (Wildman–Crippen LogP) is 3.93. The SMILES string of the molecule is C=C1C(C(O)c2ccc(OC)cc2)=CCC2C(=O)c3ccccc3C(=O)C12. The number of ether oxygens (including phenoxy) is 1. The predicted molar refractivity (Wildman–Crippen MR) is 102 cm³/mol. The Labute approximate surface area is 157 Å². The van der Waals surface area contributed by atoms with Gasteiger partial charge in [-0.3, -0.25) is 9.59 Å². The molecule has 1 N–H and O–H groups in total. The maximum absolute atomic E-state index is 13.1. The van der Waals surface area contributed by atoms with Gasteiger partial charge in [0.2, 0.25) is 0 Å². The molecule has 4 heteroatoms. The van der Waals surface area contributed by atoms with E-state index in [9.17, 15) is 14.7 Å². The zero-order valence-corrected chi connectivity index (χ0v) is 15.0. The number of allylic oxidation sites excluding steroid dienone is 1. The fourth-order valence-electron chi connectivity index (χ4n) is 4.08. The first-order chi connectivity index (χ1) is 13.0. The van der Waals surface area contributed by atoms with E-state index in [-0.39, 0.29) is 11.6 Å². The van der Waals surface area contributed by atoms with Crippen molar-refractivity contribution in [3.63, 3.8) is 0 Å². The minimum absolute atomic E-state index is 0.0226. The van der Waals surface area contributed by atoms with Gasteiger partial charge >= 0.3 is 0 Å². The molecule has 2 aromatic carbocycles. The summed E-state index contributed by atoms with van der Waals surface area (Å²) in [4.78, 5) is 25.9. The molecule has 0 aromatic heterocycles. The van der Waals surface area contributed by atoms with Gasteiger partial charge in [-0.2, -0.15) is 0 Å². The minimum atomic E-state index is -0.899. The highest BCUT2D eigenvalue weighted by atomic mass is 16.5. The average Bonchev–Trinajstić information content (AvgIpc) is 2.71. The maximum Gasteiger partial charge on any atom is 0.171 e. The molecular weight excluding hydrogens is 340 g/mol. The molecule has 0 fully saturated rings. The van der Waals surface area contributed by atoms with Crippen molar-refractivity contribution < 1.29 is 19.4 Å². The molecule has 2 aromatic rings. The van der Waals surface area contributed by atoms with Crippen LogP contribution < -0.4 is 4.74 Å². The Morgan fingerprint density at radius 1 is 1.04 bits per heavy atom. The lowest BCUT2D eigenvalue weighted by molar-refractivity contribution is 0.0754. The normalized spacial score (nSPS) is 22.6. The van der Waals surface area contributed by atoms with Gasteiger partial charge in [0.1, 0.15) is 11.9 Å². The summed E-state index contributed by atoms with van der Waals surface area (Å²) in [5, 5.41) is 10.9. The Kier molecular flexibility index (Phi) is 4.28. The molecule has 0 saturated carbocycles. The number of aliphatic hydroxyl groups is 1. The van der Waals surface area contributed by atoms with Gasteiger partial charge in [-0.25, -0.2) is 0 Å². The first-order valence-corrected chi connectivity index (χ1v) is 8.91. The Balaban J connectivity index is 1.68. The second kappa shape index (κ2) is 6.63. The molecule has 3 atom stereocenters. The minimum Gasteiger partial charge on any atom is -0.497 e. The van der Waals surface area contributed by atoms with Crippen LogP contribution in [-0.2, 0) is 0 Å². The van der Waals surface area contributed by atoms with Crippen LogP contribution in [0.2, 0.25) is 0 Å². The summed E-state index contributed by atoms with van der Waals surface area (Å²) in [7, 11) is 1.58. The highest BCUT2D eigenvalue weighted by Crippen LogP contribution is 2.45. The molecule has 4 rings (SSSR count). The third-order valence-corrected chi connectivity index (χ3v) is 5.54. The lowest BCUT2D eigenvalue weighted by Crippen LogP contribution is -2.40. The van der Waals surface area contributed by atoms with Crippen LogP contribution in [0.4, 0.5) is 0 Å². The van der Waals surface area contributed by atoms with Crippen LogP contribution in [0.25, 0.3) is 0 Å². The molecule has 0 radical (unpaired) electrons. The quantitative estimate of drug-likeness (QED) is 0.901. The fourth-order valence-corrected chi connectivity index (χ4v) is 4.08. The topological polar surface area (TPSA) is 63.6 Å². The van der Waals surface area contributed by atoms with Gasteiger partial charge < -0.3 is 9.84 Å². The number of benzene rings is 2. The van der Waals surface area contributed by atoms with E-state index in [1.165, 1.54) is 0 Å². The summed E-state index contributed by atoms with van der Waals surface area (Å²) >= 11 is 0. The molecule has 4 nitrogen and oxygen atoms in total. The van der Waals surface area contributed by atoms with Crippen molar-refractivity contribution in [2.75, 3.05) is 7.11 Å². The Morgan fingerprint density at radius 2 is 1.67 bits per heavy atom. The molecule has 0 heterocycles. The molecule has 0 saturated heterocycles. The number of ketones is 2. The van der Waals surface area contributed by atoms with Gasteiger partial charge in [-0.1, -0.05) is 49.1 Å². The molecule has 0 aliphatic heterocycles. The van der Waals surface area contributed by atoms with Crippen LogP contribution in [0.15, 0.2) is 72.3 Å². The highest BCUT2D eigenvalue weighted by molar-refractivity contribution is 6.17. The second-order valence-corrected chi connectivity index (χ2v) is 6.95. The lowest BCUT2D eigenvalue weighted by atomic mass is 9.65. The molecule has 3 unspecified atom stereocenters. The smallest absolute Gasteiger partial charge is 0.171 e. The van der Waals surface area contributed by atoms with Gasteiger partial charge in [0.05, 0.1) is 13.0 Å². The van der Waals surface area contributed by atoms with Gasteiger partial charge in [0.25, 0.3) is 0 Å². The van der Waals surface area contributed by atoms with Gasteiger partial charge in [-0.05, 0) is 35.3 Å². The Hall–Kier alpha value is -2.98. The van der Waals surface area contributed by atoms with Crippen molar-refractivity contribution in [2.45, 2.75) is 12.5 Å². The van der Waals surface area contributed by atoms with Crippen LogP contribution in [0.1, 0.15) is 38.8 Å². The summed E-state index contributed by atoms with van der Waals surface area (Å²) in [5.41, 5.74) is 2.77. The third-order valence-electron chi connectivity index (χ3n) is 5.54. The van der Waals surface area contributed by atoms with Crippen LogP contribution in [0.5, 0.6) is 5.75 Å². The van der Waals surface area contributed by atoms with Crippen molar-refractivity contribution in [3.8, 4) is 5.75 Å². The van der Waals surface area contributed by atoms with Gasteiger partial charge in [-0.15, -0.1) is 0 Å². The van der Waals surface area contributed by atoms with Crippen molar-refractivity contribution in [2.24, 2.45) is 11.8 Å². The van der Waals surface area contributed by atoms with E-state index in [0.29, 0.717) is 40.0 Å². The lowest BCUT2D eigenvalue weighted by Gasteiger charge is -2.36. The number of hydrogen-bond acceptors (Lipinski definition) is 4. The number of Topliss-reactive ketones (excluding diaryl/α,β-unsaturated/α-hetero) is 2. The van der Waals surface area contributed by atoms with Gasteiger partial charge in [0, 0.05) is 17.0 Å². The highest BCUT2D eigenvalue weighted by Gasteiger charge is 2.45. The van der Waals surface area contributed by atoms with Crippen LogP contribution >= 0.6 is 0 Å². The zero-order valence-electron chi connectivity index (χ0n) is 15.0. The molecule has 0 spiro atoms. The summed E-state index contributed by atoms with van der Waals surface area (Å²) in [6.45, 7) is 4.09. The van der Waals surface area contributed by atoms with E-state index in [4.69, 9.17) is 4.74 Å². The summed E-state index contributed by atoms with van der Waals surface area (Å²) < 4.78 is 5.15. The number of carbonyl (C=O) groups excluding carboxylic acids is 2. The Morgan fingerprint density at radius 3 is 2.30 bits per heavy atom. The van der Waals surface area contributed by atoms with E-state index in [0.717, 1.165) is 0 Å². The molecular formula is C23H20O4. The number of rotatable bonds is 3. The van der Waals surface area contributed by atoms with Gasteiger partial charge in [0.15, 0.2) is 11.6 Å². The Bertz CT molecular complexity index is 968. The third kappa shape index (κ3) is 2.73. The molecule has 136 valence electrons. The number of methoxy groups -OCH3 is 1. The monoisotopic (exact) mass is 360 g/mol. The van der Waals surface area contributed by atoms with Crippen LogP contribution in [-0.4, -0.2) is 23.8 Å². The zero-order chi connectivity index (χ0) is 19.1.